The molecular weight excluding hydrogens is 286 g/mol. The zero-order chi connectivity index (χ0) is 14.8. The molecule has 1 heterocycles. The van der Waals surface area contributed by atoms with Gasteiger partial charge in [0.15, 0.2) is 5.13 Å². The average molecular weight is 303 g/mol. The molecule has 1 aliphatic carbocycles. The summed E-state index contributed by atoms with van der Waals surface area (Å²) in [6.45, 7) is 2.04. The Morgan fingerprint density at radius 3 is 3.05 bits per heavy atom. The summed E-state index contributed by atoms with van der Waals surface area (Å²) in [5, 5.41) is 16.2. The van der Waals surface area contributed by atoms with Crippen molar-refractivity contribution in [2.24, 2.45) is 0 Å². The maximum atomic E-state index is 12.1. The summed E-state index contributed by atoms with van der Waals surface area (Å²) in [6, 6.07) is 7.06. The smallest absolute Gasteiger partial charge is 0.321 e. The number of fused-ring (bicyclic) bond motifs is 1. The van der Waals surface area contributed by atoms with Crippen LogP contribution in [-0.4, -0.2) is 22.2 Å². The van der Waals surface area contributed by atoms with Crippen LogP contribution in [0.3, 0.4) is 0 Å². The lowest BCUT2D eigenvalue weighted by atomic mass is 10.1. The fourth-order valence-electron chi connectivity index (χ4n) is 2.55. The number of nitrogens with one attached hydrogen (secondary N) is 2. The van der Waals surface area contributed by atoms with E-state index in [-0.39, 0.29) is 12.1 Å². The van der Waals surface area contributed by atoms with Crippen molar-refractivity contribution in [3.8, 4) is 0 Å². The number of aromatic nitrogens is 1. The molecule has 6 heteroatoms. The van der Waals surface area contributed by atoms with Crippen LogP contribution in [0.15, 0.2) is 30.5 Å². The zero-order valence-electron chi connectivity index (χ0n) is 11.7. The van der Waals surface area contributed by atoms with Gasteiger partial charge in [0.2, 0.25) is 0 Å². The molecule has 0 aliphatic heterocycles. The molecule has 2 amide bonds. The van der Waals surface area contributed by atoms with Gasteiger partial charge in [0.05, 0.1) is 12.1 Å². The van der Waals surface area contributed by atoms with Gasteiger partial charge < -0.3 is 10.4 Å². The first-order valence-electron chi connectivity index (χ1n) is 6.95. The molecule has 3 N–H and O–H groups in total. The van der Waals surface area contributed by atoms with Gasteiger partial charge in [-0.25, -0.2) is 9.78 Å². The van der Waals surface area contributed by atoms with Crippen LogP contribution in [0.2, 0.25) is 0 Å². The average Bonchev–Trinajstić information content (AvgIpc) is 3.04. The first kappa shape index (κ1) is 14.0. The topological polar surface area (TPSA) is 74.2 Å². The Kier molecular flexibility index (Phi) is 3.90. The summed E-state index contributed by atoms with van der Waals surface area (Å²) in [5.74, 6) is 0. The number of hydrogen-bond acceptors (Lipinski definition) is 4. The van der Waals surface area contributed by atoms with E-state index < -0.39 is 6.10 Å². The molecule has 0 saturated heterocycles. The highest BCUT2D eigenvalue weighted by molar-refractivity contribution is 7.15. The minimum absolute atomic E-state index is 0.340. The Labute approximate surface area is 127 Å². The Balaban J connectivity index is 1.67. The number of carbonyl (C=O) groups is 1. The molecule has 0 spiro atoms. The number of rotatable bonds is 3. The van der Waals surface area contributed by atoms with Crippen LogP contribution in [0.25, 0.3) is 0 Å². The maximum absolute atomic E-state index is 12.1. The molecule has 21 heavy (non-hydrogen) atoms. The highest BCUT2D eigenvalue weighted by Crippen LogP contribution is 2.31. The molecule has 0 saturated carbocycles. The molecule has 0 bridgehead atoms. The van der Waals surface area contributed by atoms with Crippen molar-refractivity contribution in [3.63, 3.8) is 0 Å². The third kappa shape index (κ3) is 2.91. The molecule has 0 fully saturated rings. The molecule has 1 aromatic heterocycles. The summed E-state index contributed by atoms with van der Waals surface area (Å²) in [4.78, 5) is 17.3. The number of benzene rings is 1. The first-order chi connectivity index (χ1) is 10.2. The number of anilines is 1. The second-order valence-corrected chi connectivity index (χ2v) is 6.15. The third-order valence-corrected chi connectivity index (χ3v) is 4.67. The quantitative estimate of drug-likeness (QED) is 0.815. The van der Waals surface area contributed by atoms with Crippen molar-refractivity contribution < 1.29 is 9.90 Å². The van der Waals surface area contributed by atoms with Gasteiger partial charge in [-0.1, -0.05) is 31.2 Å². The number of aliphatic hydroxyl groups is 1. The van der Waals surface area contributed by atoms with Crippen molar-refractivity contribution in [3.05, 3.63) is 46.5 Å². The molecule has 5 nitrogen and oxygen atoms in total. The number of thiazole rings is 1. The summed E-state index contributed by atoms with van der Waals surface area (Å²) in [6.07, 6.45) is 2.64. The van der Waals surface area contributed by atoms with Crippen LogP contribution in [0, 0.1) is 0 Å². The van der Waals surface area contributed by atoms with E-state index in [1.807, 2.05) is 31.2 Å². The first-order valence-corrected chi connectivity index (χ1v) is 7.77. The Hall–Kier alpha value is -1.92. The fraction of sp³-hybridized carbons (Fsp3) is 0.333. The van der Waals surface area contributed by atoms with Crippen molar-refractivity contribution >= 4 is 22.5 Å². The Morgan fingerprint density at radius 2 is 2.29 bits per heavy atom. The summed E-state index contributed by atoms with van der Waals surface area (Å²) in [5.41, 5.74) is 2.06. The van der Waals surface area contributed by atoms with E-state index in [4.69, 9.17) is 0 Å². The standard InChI is InChI=1S/C15H17N3O2S/c1-2-10-8-16-15(21-10)18-14(20)17-13-11-6-4-3-5-9(11)7-12(13)19/h3-6,8,12-13,19H,2,7H2,1H3,(H2,16,17,18,20). The molecule has 1 aliphatic rings. The summed E-state index contributed by atoms with van der Waals surface area (Å²) < 4.78 is 0. The fourth-order valence-corrected chi connectivity index (χ4v) is 3.30. The second kappa shape index (κ2) is 5.83. The molecular formula is C15H17N3O2S. The summed E-state index contributed by atoms with van der Waals surface area (Å²) >= 11 is 1.46. The normalized spacial score (nSPS) is 20.1. The number of carbonyl (C=O) groups excluding carboxylic acids is 1. The third-order valence-electron chi connectivity index (χ3n) is 3.61. The molecule has 2 aromatic rings. The number of aryl methyl sites for hydroxylation is 1. The monoisotopic (exact) mass is 303 g/mol. The van der Waals surface area contributed by atoms with Crippen LogP contribution in [-0.2, 0) is 12.8 Å². The van der Waals surface area contributed by atoms with Gasteiger partial charge >= 0.3 is 6.03 Å². The Morgan fingerprint density at radius 1 is 1.48 bits per heavy atom. The van der Waals surface area contributed by atoms with E-state index in [9.17, 15) is 9.90 Å². The number of urea groups is 1. The van der Waals surface area contributed by atoms with Gasteiger partial charge in [-0.15, -0.1) is 11.3 Å². The van der Waals surface area contributed by atoms with Gasteiger partial charge in [0.1, 0.15) is 0 Å². The minimum atomic E-state index is -0.587. The van der Waals surface area contributed by atoms with Crippen LogP contribution >= 0.6 is 11.3 Å². The lowest BCUT2D eigenvalue weighted by molar-refractivity contribution is 0.144. The lowest BCUT2D eigenvalue weighted by Gasteiger charge is -2.17. The van der Waals surface area contributed by atoms with Crippen molar-refractivity contribution in [1.82, 2.24) is 10.3 Å². The van der Waals surface area contributed by atoms with E-state index in [1.165, 1.54) is 11.3 Å². The minimum Gasteiger partial charge on any atom is -0.390 e. The predicted octanol–water partition coefficient (Wildman–Crippen LogP) is 2.49. The van der Waals surface area contributed by atoms with Crippen molar-refractivity contribution in [2.45, 2.75) is 31.9 Å². The highest BCUT2D eigenvalue weighted by Gasteiger charge is 2.31. The van der Waals surface area contributed by atoms with Gasteiger partial charge in [0, 0.05) is 17.5 Å². The maximum Gasteiger partial charge on any atom is 0.321 e. The predicted molar refractivity (Wildman–Crippen MR) is 82.5 cm³/mol. The van der Waals surface area contributed by atoms with Crippen LogP contribution in [0.5, 0.6) is 0 Å². The molecule has 0 radical (unpaired) electrons. The number of hydrogen-bond donors (Lipinski definition) is 3. The SMILES string of the molecule is CCc1cnc(NC(=O)NC2c3ccccc3CC2O)s1. The Bertz CT molecular complexity index is 656. The van der Waals surface area contributed by atoms with Gasteiger partial charge in [0.25, 0.3) is 0 Å². The van der Waals surface area contributed by atoms with Gasteiger partial charge in [-0.3, -0.25) is 5.32 Å². The molecule has 2 unspecified atom stereocenters. The van der Waals surface area contributed by atoms with E-state index >= 15 is 0 Å². The number of aliphatic hydroxyl groups excluding tert-OH is 1. The van der Waals surface area contributed by atoms with E-state index in [2.05, 4.69) is 15.6 Å². The van der Waals surface area contributed by atoms with Crippen molar-refractivity contribution in [1.29, 1.82) is 0 Å². The van der Waals surface area contributed by atoms with Crippen LogP contribution in [0.1, 0.15) is 29.0 Å². The largest absolute Gasteiger partial charge is 0.390 e. The highest BCUT2D eigenvalue weighted by atomic mass is 32.1. The molecule has 110 valence electrons. The molecule has 1 aromatic carbocycles. The van der Waals surface area contributed by atoms with Gasteiger partial charge in [-0.2, -0.15) is 0 Å². The lowest BCUT2D eigenvalue weighted by Crippen LogP contribution is -2.36. The number of amides is 2. The van der Waals surface area contributed by atoms with E-state index in [0.29, 0.717) is 11.6 Å². The van der Waals surface area contributed by atoms with Crippen LogP contribution < -0.4 is 10.6 Å². The second-order valence-electron chi connectivity index (χ2n) is 5.03. The van der Waals surface area contributed by atoms with Crippen LogP contribution in [0.4, 0.5) is 9.93 Å². The summed E-state index contributed by atoms with van der Waals surface area (Å²) in [7, 11) is 0. The zero-order valence-corrected chi connectivity index (χ0v) is 12.5. The molecule has 3 rings (SSSR count). The van der Waals surface area contributed by atoms with E-state index in [0.717, 1.165) is 22.4 Å². The van der Waals surface area contributed by atoms with Crippen molar-refractivity contribution in [2.75, 3.05) is 5.32 Å². The molecule has 2 atom stereocenters. The number of nitrogens with zero attached hydrogens (tertiary/aromatic N) is 1. The van der Waals surface area contributed by atoms with E-state index in [1.54, 1.807) is 6.20 Å². The van der Waals surface area contributed by atoms with Gasteiger partial charge in [-0.05, 0) is 17.5 Å².